The van der Waals surface area contributed by atoms with E-state index in [2.05, 4.69) is 27.5 Å². The molecule has 2 rings (SSSR count). The zero-order valence-corrected chi connectivity index (χ0v) is 13.2. The molecule has 0 radical (unpaired) electrons. The highest BCUT2D eigenvalue weighted by molar-refractivity contribution is 9.10. The van der Waals surface area contributed by atoms with Crippen molar-refractivity contribution < 1.29 is 9.18 Å². The summed E-state index contributed by atoms with van der Waals surface area (Å²) < 4.78 is 13.7. The SMILES string of the molecule is CSC1(CNC(=O)c2ccc(F)cc2Br)CCCC1. The van der Waals surface area contributed by atoms with E-state index < -0.39 is 0 Å². The fourth-order valence-corrected chi connectivity index (χ4v) is 3.93. The van der Waals surface area contributed by atoms with Crippen LogP contribution in [0.25, 0.3) is 0 Å². The molecule has 1 saturated carbocycles. The Morgan fingerprint density at radius 2 is 2.16 bits per heavy atom. The highest BCUT2D eigenvalue weighted by Gasteiger charge is 2.33. The summed E-state index contributed by atoms with van der Waals surface area (Å²) in [4.78, 5) is 12.1. The number of carbonyl (C=O) groups is 1. The third-order valence-corrected chi connectivity index (χ3v) is 5.77. The molecule has 0 unspecified atom stereocenters. The molecular formula is C14H17BrFNOS. The number of rotatable bonds is 4. The minimum atomic E-state index is -0.347. The topological polar surface area (TPSA) is 29.1 Å². The van der Waals surface area contributed by atoms with Crippen molar-refractivity contribution >= 4 is 33.6 Å². The smallest absolute Gasteiger partial charge is 0.252 e. The van der Waals surface area contributed by atoms with Crippen LogP contribution in [-0.2, 0) is 0 Å². The number of hydrogen-bond acceptors (Lipinski definition) is 2. The minimum Gasteiger partial charge on any atom is -0.351 e. The van der Waals surface area contributed by atoms with Crippen LogP contribution in [0.2, 0.25) is 0 Å². The average Bonchev–Trinajstić information content (AvgIpc) is 2.85. The van der Waals surface area contributed by atoms with Crippen molar-refractivity contribution in [2.75, 3.05) is 12.8 Å². The lowest BCUT2D eigenvalue weighted by Crippen LogP contribution is -2.38. The van der Waals surface area contributed by atoms with Gasteiger partial charge in [0.05, 0.1) is 5.56 Å². The van der Waals surface area contributed by atoms with Crippen molar-refractivity contribution in [3.63, 3.8) is 0 Å². The maximum absolute atomic E-state index is 13.0. The second kappa shape index (κ2) is 6.27. The van der Waals surface area contributed by atoms with Gasteiger partial charge in [0.2, 0.25) is 0 Å². The molecule has 0 atom stereocenters. The van der Waals surface area contributed by atoms with E-state index in [-0.39, 0.29) is 16.5 Å². The van der Waals surface area contributed by atoms with Crippen molar-refractivity contribution in [1.82, 2.24) is 5.32 Å². The first-order valence-electron chi connectivity index (χ1n) is 6.35. The van der Waals surface area contributed by atoms with Crippen LogP contribution in [-0.4, -0.2) is 23.5 Å². The van der Waals surface area contributed by atoms with E-state index in [1.54, 1.807) is 0 Å². The standard InChI is InChI=1S/C14H17BrFNOS/c1-19-14(6-2-3-7-14)9-17-13(18)11-5-4-10(16)8-12(11)15/h4-5,8H,2-3,6-7,9H2,1H3,(H,17,18). The van der Waals surface area contributed by atoms with Crippen molar-refractivity contribution in [1.29, 1.82) is 0 Å². The minimum absolute atomic E-state index is 0.146. The van der Waals surface area contributed by atoms with E-state index in [1.165, 1.54) is 31.0 Å². The molecule has 1 aromatic rings. The van der Waals surface area contributed by atoms with Gasteiger partial charge in [-0.1, -0.05) is 12.8 Å². The summed E-state index contributed by atoms with van der Waals surface area (Å²) in [5, 5.41) is 2.98. The Kier molecular flexibility index (Phi) is 4.90. The summed E-state index contributed by atoms with van der Waals surface area (Å²) >= 11 is 5.06. The maximum Gasteiger partial charge on any atom is 0.252 e. The van der Waals surface area contributed by atoms with E-state index in [1.807, 2.05) is 11.8 Å². The molecule has 0 aromatic heterocycles. The Morgan fingerprint density at radius 1 is 1.47 bits per heavy atom. The summed E-state index contributed by atoms with van der Waals surface area (Å²) in [7, 11) is 0. The number of halogens is 2. The third-order valence-electron chi connectivity index (χ3n) is 3.69. The van der Waals surface area contributed by atoms with Gasteiger partial charge in [-0.3, -0.25) is 4.79 Å². The molecule has 104 valence electrons. The van der Waals surface area contributed by atoms with Crippen LogP contribution in [0.15, 0.2) is 22.7 Å². The van der Waals surface area contributed by atoms with Crippen LogP contribution >= 0.6 is 27.7 Å². The van der Waals surface area contributed by atoms with E-state index >= 15 is 0 Å². The molecule has 2 nitrogen and oxygen atoms in total. The van der Waals surface area contributed by atoms with Crippen molar-refractivity contribution in [2.45, 2.75) is 30.4 Å². The van der Waals surface area contributed by atoms with Crippen LogP contribution in [0.1, 0.15) is 36.0 Å². The lowest BCUT2D eigenvalue weighted by Gasteiger charge is -2.27. The molecular weight excluding hydrogens is 329 g/mol. The second-order valence-corrected chi connectivity index (χ2v) is 7.03. The van der Waals surface area contributed by atoms with E-state index in [0.29, 0.717) is 16.6 Å². The van der Waals surface area contributed by atoms with Gasteiger partial charge in [-0.25, -0.2) is 4.39 Å². The molecule has 0 saturated heterocycles. The first-order chi connectivity index (χ1) is 9.06. The van der Waals surface area contributed by atoms with E-state index in [9.17, 15) is 9.18 Å². The average molecular weight is 346 g/mol. The highest BCUT2D eigenvalue weighted by Crippen LogP contribution is 2.39. The predicted octanol–water partition coefficient (Wildman–Crippen LogP) is 3.99. The summed E-state index contributed by atoms with van der Waals surface area (Å²) in [6, 6.07) is 4.13. The Balaban J connectivity index is 2.01. The van der Waals surface area contributed by atoms with Crippen LogP contribution in [0.5, 0.6) is 0 Å². The van der Waals surface area contributed by atoms with Gasteiger partial charge in [0, 0.05) is 15.8 Å². The number of benzene rings is 1. The monoisotopic (exact) mass is 345 g/mol. The van der Waals surface area contributed by atoms with Crippen molar-refractivity contribution in [3.05, 3.63) is 34.1 Å². The Hall–Kier alpha value is -0.550. The Labute approximate surface area is 125 Å². The number of carbonyl (C=O) groups excluding carboxylic acids is 1. The number of amides is 1. The predicted molar refractivity (Wildman–Crippen MR) is 81.1 cm³/mol. The lowest BCUT2D eigenvalue weighted by molar-refractivity contribution is 0.0949. The Bertz CT molecular complexity index is 475. The molecule has 0 aliphatic heterocycles. The van der Waals surface area contributed by atoms with Crippen molar-refractivity contribution in [3.8, 4) is 0 Å². The zero-order chi connectivity index (χ0) is 13.9. The largest absolute Gasteiger partial charge is 0.351 e. The fourth-order valence-electron chi connectivity index (χ4n) is 2.48. The van der Waals surface area contributed by atoms with Gasteiger partial charge in [-0.05, 0) is 53.2 Å². The summed E-state index contributed by atoms with van der Waals surface area (Å²) in [6.45, 7) is 0.677. The lowest BCUT2D eigenvalue weighted by atomic mass is 10.1. The van der Waals surface area contributed by atoms with E-state index in [0.717, 1.165) is 12.8 Å². The summed E-state index contributed by atoms with van der Waals surface area (Å²) in [5.41, 5.74) is 0.482. The van der Waals surface area contributed by atoms with Gasteiger partial charge in [0.25, 0.3) is 5.91 Å². The summed E-state index contributed by atoms with van der Waals surface area (Å²) in [5.74, 6) is -0.494. The van der Waals surface area contributed by atoms with Crippen LogP contribution < -0.4 is 5.32 Å². The molecule has 19 heavy (non-hydrogen) atoms. The Morgan fingerprint density at radius 3 is 2.74 bits per heavy atom. The first kappa shape index (κ1) is 14.9. The molecule has 5 heteroatoms. The van der Waals surface area contributed by atoms with Gasteiger partial charge >= 0.3 is 0 Å². The number of thioether (sulfide) groups is 1. The van der Waals surface area contributed by atoms with Gasteiger partial charge in [-0.2, -0.15) is 11.8 Å². The van der Waals surface area contributed by atoms with E-state index in [4.69, 9.17) is 0 Å². The molecule has 0 heterocycles. The number of nitrogens with one attached hydrogen (secondary N) is 1. The molecule has 1 N–H and O–H groups in total. The zero-order valence-electron chi connectivity index (χ0n) is 10.8. The van der Waals surface area contributed by atoms with Gasteiger partial charge in [0.1, 0.15) is 5.82 Å². The highest BCUT2D eigenvalue weighted by atomic mass is 79.9. The third kappa shape index (κ3) is 3.51. The first-order valence-corrected chi connectivity index (χ1v) is 8.36. The second-order valence-electron chi connectivity index (χ2n) is 4.90. The normalized spacial score (nSPS) is 17.4. The molecule has 1 aromatic carbocycles. The quantitative estimate of drug-likeness (QED) is 0.893. The van der Waals surface area contributed by atoms with Crippen LogP contribution in [0.4, 0.5) is 4.39 Å². The molecule has 1 amide bonds. The van der Waals surface area contributed by atoms with Gasteiger partial charge < -0.3 is 5.32 Å². The molecule has 1 aliphatic carbocycles. The van der Waals surface area contributed by atoms with Crippen LogP contribution in [0, 0.1) is 5.82 Å². The molecule has 0 bridgehead atoms. The summed E-state index contributed by atoms with van der Waals surface area (Å²) in [6.07, 6.45) is 6.87. The number of hydrogen-bond donors (Lipinski definition) is 1. The molecule has 1 fully saturated rings. The van der Waals surface area contributed by atoms with Crippen molar-refractivity contribution in [2.24, 2.45) is 0 Å². The molecule has 1 aliphatic rings. The van der Waals surface area contributed by atoms with Gasteiger partial charge in [-0.15, -0.1) is 0 Å². The van der Waals surface area contributed by atoms with Crippen LogP contribution in [0.3, 0.4) is 0 Å². The van der Waals surface area contributed by atoms with Gasteiger partial charge in [0.15, 0.2) is 0 Å². The molecule has 0 spiro atoms. The maximum atomic E-state index is 13.0. The fraction of sp³-hybridized carbons (Fsp3) is 0.500.